The Kier molecular flexibility index (Phi) is 6.69. The first-order valence-corrected chi connectivity index (χ1v) is 9.55. The lowest BCUT2D eigenvalue weighted by molar-refractivity contribution is 0.0864. The third-order valence-corrected chi connectivity index (χ3v) is 6.50. The molecular weight excluding hydrogens is 346 g/mol. The Balaban J connectivity index is 1.90. The van der Waals surface area contributed by atoms with E-state index in [0.29, 0.717) is 18.0 Å². The fraction of sp³-hybridized carbons (Fsp3) is 0.750. The van der Waals surface area contributed by atoms with Gasteiger partial charge in [-0.05, 0) is 47.3 Å². The van der Waals surface area contributed by atoms with Crippen LogP contribution in [-0.4, -0.2) is 55.6 Å². The van der Waals surface area contributed by atoms with E-state index >= 15 is 0 Å². The van der Waals surface area contributed by atoms with Gasteiger partial charge in [-0.25, -0.2) is 0 Å². The maximum atomic E-state index is 3.74. The first-order chi connectivity index (χ1) is 9.99. The maximum absolute atomic E-state index is 3.74. The minimum atomic E-state index is 0.410. The van der Waals surface area contributed by atoms with E-state index in [1.54, 1.807) is 0 Å². The van der Waals surface area contributed by atoms with Gasteiger partial charge in [-0.1, -0.05) is 13.8 Å². The summed E-state index contributed by atoms with van der Waals surface area (Å²) in [5.41, 5.74) is 0. The van der Waals surface area contributed by atoms with Crippen molar-refractivity contribution in [2.45, 2.75) is 32.9 Å². The Morgan fingerprint density at radius 1 is 1.24 bits per heavy atom. The van der Waals surface area contributed by atoms with Crippen LogP contribution in [0.3, 0.4) is 0 Å². The van der Waals surface area contributed by atoms with Gasteiger partial charge in [-0.15, -0.1) is 11.3 Å². The van der Waals surface area contributed by atoms with E-state index in [1.807, 2.05) is 11.3 Å². The summed E-state index contributed by atoms with van der Waals surface area (Å²) in [6.45, 7) is 12.8. The molecule has 1 aromatic rings. The van der Waals surface area contributed by atoms with Crippen LogP contribution in [0.15, 0.2) is 15.9 Å². The molecule has 1 aliphatic rings. The summed E-state index contributed by atoms with van der Waals surface area (Å²) in [5, 5.41) is 5.89. The molecule has 2 rings (SSSR count). The number of thiophene rings is 1. The lowest BCUT2D eigenvalue weighted by Gasteiger charge is -2.40. The van der Waals surface area contributed by atoms with Gasteiger partial charge in [-0.3, -0.25) is 4.90 Å². The van der Waals surface area contributed by atoms with Crippen LogP contribution in [-0.2, 0) is 0 Å². The Labute approximate surface area is 141 Å². The topological polar surface area (TPSA) is 18.5 Å². The van der Waals surface area contributed by atoms with Crippen molar-refractivity contribution >= 4 is 27.3 Å². The van der Waals surface area contributed by atoms with Crippen LogP contribution in [0, 0.1) is 5.92 Å². The highest BCUT2D eigenvalue weighted by Gasteiger charge is 2.25. The number of piperazine rings is 1. The summed E-state index contributed by atoms with van der Waals surface area (Å²) in [4.78, 5) is 6.48. The van der Waals surface area contributed by atoms with Crippen LogP contribution in [0.5, 0.6) is 0 Å². The molecule has 0 saturated carbocycles. The number of likely N-dealkylation sites (N-methyl/N-ethyl adjacent to an activating group) is 1. The van der Waals surface area contributed by atoms with Gasteiger partial charge in [0.25, 0.3) is 0 Å². The van der Waals surface area contributed by atoms with Crippen LogP contribution < -0.4 is 5.32 Å². The van der Waals surface area contributed by atoms with E-state index in [9.17, 15) is 0 Å². The van der Waals surface area contributed by atoms with Crippen LogP contribution in [0.2, 0.25) is 0 Å². The van der Waals surface area contributed by atoms with E-state index in [4.69, 9.17) is 0 Å². The van der Waals surface area contributed by atoms with Crippen molar-refractivity contribution in [3.05, 3.63) is 20.8 Å². The Morgan fingerprint density at radius 2 is 1.90 bits per heavy atom. The SMILES string of the molecule is CC(NCC(C(C)C)N1CCN(C)CC1)c1sccc1Br. The second kappa shape index (κ2) is 8.06. The number of nitrogens with zero attached hydrogens (tertiary/aromatic N) is 2. The minimum absolute atomic E-state index is 0.410. The summed E-state index contributed by atoms with van der Waals surface area (Å²) in [6, 6.07) is 3.17. The van der Waals surface area contributed by atoms with Crippen LogP contribution in [0.4, 0.5) is 0 Å². The predicted octanol–water partition coefficient (Wildman–Crippen LogP) is 3.43. The molecule has 0 bridgehead atoms. The molecule has 2 unspecified atom stereocenters. The fourth-order valence-corrected chi connectivity index (χ4v) is 4.69. The van der Waals surface area contributed by atoms with Crippen LogP contribution in [0.1, 0.15) is 31.7 Å². The Hall–Kier alpha value is 0.0600. The highest BCUT2D eigenvalue weighted by molar-refractivity contribution is 9.10. The number of halogens is 1. The molecule has 0 amide bonds. The van der Waals surface area contributed by atoms with Crippen LogP contribution in [0.25, 0.3) is 0 Å². The van der Waals surface area contributed by atoms with Crippen molar-refractivity contribution in [3.8, 4) is 0 Å². The standard InChI is InChI=1S/C16H28BrN3S/c1-12(2)15(20-8-6-19(4)7-9-20)11-18-13(3)16-14(17)5-10-21-16/h5,10,12-13,15,18H,6-9,11H2,1-4H3. The smallest absolute Gasteiger partial charge is 0.0398 e. The molecule has 3 nitrogen and oxygen atoms in total. The molecule has 1 saturated heterocycles. The van der Waals surface area contributed by atoms with Crippen molar-refractivity contribution in [1.29, 1.82) is 0 Å². The zero-order valence-electron chi connectivity index (χ0n) is 13.6. The molecule has 1 fully saturated rings. The number of hydrogen-bond donors (Lipinski definition) is 1. The lowest BCUT2D eigenvalue weighted by atomic mass is 10.0. The Morgan fingerprint density at radius 3 is 2.43 bits per heavy atom. The zero-order chi connectivity index (χ0) is 15.4. The third-order valence-electron chi connectivity index (χ3n) is 4.45. The fourth-order valence-electron chi connectivity index (χ4n) is 2.94. The quantitative estimate of drug-likeness (QED) is 0.823. The van der Waals surface area contributed by atoms with E-state index < -0.39 is 0 Å². The van der Waals surface area contributed by atoms with Crippen molar-refractivity contribution in [2.75, 3.05) is 39.8 Å². The molecule has 21 heavy (non-hydrogen) atoms. The molecule has 2 atom stereocenters. The molecule has 1 aliphatic heterocycles. The number of hydrogen-bond acceptors (Lipinski definition) is 4. The molecule has 1 N–H and O–H groups in total. The first-order valence-electron chi connectivity index (χ1n) is 7.88. The summed E-state index contributed by atoms with van der Waals surface area (Å²) in [6.07, 6.45) is 0. The second-order valence-corrected chi connectivity index (χ2v) is 8.22. The molecule has 2 heterocycles. The van der Waals surface area contributed by atoms with E-state index in [-0.39, 0.29) is 0 Å². The van der Waals surface area contributed by atoms with E-state index in [2.05, 4.69) is 70.3 Å². The number of nitrogens with one attached hydrogen (secondary N) is 1. The van der Waals surface area contributed by atoms with Gasteiger partial charge in [0.1, 0.15) is 0 Å². The lowest BCUT2D eigenvalue weighted by Crippen LogP contribution is -2.53. The Bertz CT molecular complexity index is 427. The minimum Gasteiger partial charge on any atom is -0.308 e. The van der Waals surface area contributed by atoms with Gasteiger partial charge in [0.05, 0.1) is 0 Å². The van der Waals surface area contributed by atoms with Crippen LogP contribution >= 0.6 is 27.3 Å². The van der Waals surface area contributed by atoms with E-state index in [0.717, 1.165) is 6.54 Å². The molecule has 120 valence electrons. The second-order valence-electron chi connectivity index (χ2n) is 6.41. The molecule has 5 heteroatoms. The molecule has 0 aliphatic carbocycles. The monoisotopic (exact) mass is 373 g/mol. The average Bonchev–Trinajstić information content (AvgIpc) is 2.86. The van der Waals surface area contributed by atoms with Gasteiger partial charge in [-0.2, -0.15) is 0 Å². The summed E-state index contributed by atoms with van der Waals surface area (Å²) in [5.74, 6) is 0.680. The van der Waals surface area contributed by atoms with E-state index in [1.165, 1.54) is 35.5 Å². The van der Waals surface area contributed by atoms with Gasteiger partial charge in [0, 0.05) is 54.2 Å². The van der Waals surface area contributed by atoms with Crippen molar-refractivity contribution in [3.63, 3.8) is 0 Å². The summed E-state index contributed by atoms with van der Waals surface area (Å²) < 4.78 is 1.23. The summed E-state index contributed by atoms with van der Waals surface area (Å²) in [7, 11) is 2.22. The van der Waals surface area contributed by atoms with Crippen molar-refractivity contribution < 1.29 is 0 Å². The predicted molar refractivity (Wildman–Crippen MR) is 96.1 cm³/mol. The highest BCUT2D eigenvalue weighted by Crippen LogP contribution is 2.28. The van der Waals surface area contributed by atoms with Gasteiger partial charge in [0.2, 0.25) is 0 Å². The number of rotatable bonds is 6. The molecule has 0 aromatic carbocycles. The molecule has 0 radical (unpaired) electrons. The molecule has 0 spiro atoms. The molecular formula is C16H28BrN3S. The van der Waals surface area contributed by atoms with Crippen molar-refractivity contribution in [1.82, 2.24) is 15.1 Å². The zero-order valence-corrected chi connectivity index (χ0v) is 16.0. The molecule has 1 aromatic heterocycles. The van der Waals surface area contributed by atoms with Gasteiger partial charge < -0.3 is 10.2 Å². The van der Waals surface area contributed by atoms with Gasteiger partial charge in [0.15, 0.2) is 0 Å². The third kappa shape index (κ3) is 4.76. The highest BCUT2D eigenvalue weighted by atomic mass is 79.9. The van der Waals surface area contributed by atoms with Crippen molar-refractivity contribution in [2.24, 2.45) is 5.92 Å². The normalized spacial score (nSPS) is 20.9. The maximum Gasteiger partial charge on any atom is 0.0398 e. The van der Waals surface area contributed by atoms with Gasteiger partial charge >= 0.3 is 0 Å². The largest absolute Gasteiger partial charge is 0.308 e. The first kappa shape index (κ1) is 17.4. The summed E-state index contributed by atoms with van der Waals surface area (Å²) >= 11 is 5.46. The average molecular weight is 374 g/mol.